The lowest BCUT2D eigenvalue weighted by molar-refractivity contribution is -0.126. The van der Waals surface area contributed by atoms with Crippen LogP contribution in [0.1, 0.15) is 18.4 Å². The van der Waals surface area contributed by atoms with Gasteiger partial charge in [-0.15, -0.1) is 0 Å². The summed E-state index contributed by atoms with van der Waals surface area (Å²) in [4.78, 5) is 12.2. The highest BCUT2D eigenvalue weighted by molar-refractivity contribution is 7.89. The summed E-state index contributed by atoms with van der Waals surface area (Å²) in [6.45, 7) is 0.747. The van der Waals surface area contributed by atoms with Crippen LogP contribution in [0.3, 0.4) is 0 Å². The van der Waals surface area contributed by atoms with E-state index in [4.69, 9.17) is 16.3 Å². The second-order valence-electron chi connectivity index (χ2n) is 6.82. The Morgan fingerprint density at radius 3 is 2.48 bits per heavy atom. The van der Waals surface area contributed by atoms with Crippen LogP contribution in [0.5, 0.6) is 5.75 Å². The van der Waals surface area contributed by atoms with Crippen molar-refractivity contribution >= 4 is 27.5 Å². The number of amides is 1. The molecule has 0 bridgehead atoms. The Kier molecular flexibility index (Phi) is 6.77. The van der Waals surface area contributed by atoms with Crippen molar-refractivity contribution in [3.05, 3.63) is 58.9 Å². The van der Waals surface area contributed by atoms with Crippen LogP contribution in [-0.2, 0) is 21.4 Å². The summed E-state index contributed by atoms with van der Waals surface area (Å²) in [5.74, 6) is -0.946. The normalized spacial score (nSPS) is 15.8. The maximum Gasteiger partial charge on any atom is 0.246 e. The summed E-state index contributed by atoms with van der Waals surface area (Å²) in [6, 6.07) is 10.6. The molecule has 9 heteroatoms. The number of rotatable bonds is 6. The number of benzene rings is 2. The number of carbonyl (C=O) groups excluding carboxylic acids is 1. The minimum atomic E-state index is -3.91. The summed E-state index contributed by atoms with van der Waals surface area (Å²) in [5.41, 5.74) is 0.931. The van der Waals surface area contributed by atoms with Crippen molar-refractivity contribution in [3.63, 3.8) is 0 Å². The predicted octanol–water partition coefficient (Wildman–Crippen LogP) is 3.20. The molecule has 1 amide bonds. The maximum absolute atomic E-state index is 13.6. The summed E-state index contributed by atoms with van der Waals surface area (Å²) >= 11 is 5.85. The van der Waals surface area contributed by atoms with Gasteiger partial charge in [-0.05, 0) is 48.7 Å². The van der Waals surface area contributed by atoms with Gasteiger partial charge in [-0.1, -0.05) is 23.7 Å². The minimum Gasteiger partial charge on any atom is -0.495 e. The van der Waals surface area contributed by atoms with Crippen molar-refractivity contribution in [2.45, 2.75) is 24.3 Å². The number of hydrogen-bond acceptors (Lipinski definition) is 4. The largest absolute Gasteiger partial charge is 0.495 e. The zero-order valence-corrected chi connectivity index (χ0v) is 17.5. The Balaban J connectivity index is 1.60. The lowest BCUT2D eigenvalue weighted by atomic mass is 9.97. The smallest absolute Gasteiger partial charge is 0.246 e. The summed E-state index contributed by atoms with van der Waals surface area (Å²) in [7, 11) is -2.57. The monoisotopic (exact) mass is 440 g/mol. The zero-order valence-electron chi connectivity index (χ0n) is 15.9. The molecule has 1 heterocycles. The van der Waals surface area contributed by atoms with Gasteiger partial charge in [0.2, 0.25) is 15.9 Å². The van der Waals surface area contributed by atoms with E-state index in [1.807, 2.05) is 12.1 Å². The Morgan fingerprint density at radius 2 is 1.86 bits per heavy atom. The highest BCUT2D eigenvalue weighted by atomic mass is 35.5. The molecule has 1 aliphatic rings. The minimum absolute atomic E-state index is 0.0919. The molecule has 1 fully saturated rings. The van der Waals surface area contributed by atoms with Crippen LogP contribution in [0, 0.1) is 11.7 Å². The van der Waals surface area contributed by atoms with Crippen molar-refractivity contribution in [3.8, 4) is 5.75 Å². The Hall–Kier alpha value is -2.16. The van der Waals surface area contributed by atoms with Crippen LogP contribution in [0.4, 0.5) is 4.39 Å². The molecule has 0 aromatic heterocycles. The number of piperidine rings is 1. The van der Waals surface area contributed by atoms with E-state index in [1.165, 1.54) is 17.5 Å². The molecule has 29 heavy (non-hydrogen) atoms. The van der Waals surface area contributed by atoms with E-state index < -0.39 is 15.8 Å². The molecule has 1 saturated heterocycles. The first-order valence-corrected chi connectivity index (χ1v) is 11.0. The molecule has 156 valence electrons. The molecule has 0 spiro atoms. The number of sulfonamides is 1. The summed E-state index contributed by atoms with van der Waals surface area (Å²) in [6.07, 6.45) is 0.784. The number of ether oxygens (including phenoxy) is 1. The van der Waals surface area contributed by atoms with Gasteiger partial charge in [0.25, 0.3) is 0 Å². The fraction of sp³-hybridized carbons (Fsp3) is 0.350. The average molecular weight is 441 g/mol. The average Bonchev–Trinajstić information content (AvgIpc) is 2.73. The number of hydrogen-bond donors (Lipinski definition) is 1. The standard InChI is InChI=1S/C20H22ClFN2O4S/c1-28-18-7-6-17(22)12-19(18)29(26,27)24-10-8-15(9-11-24)20(25)23-13-14-2-4-16(21)5-3-14/h2-7,12,15H,8-11,13H2,1H3,(H,23,25). The second kappa shape index (κ2) is 9.11. The highest BCUT2D eigenvalue weighted by Gasteiger charge is 2.33. The van der Waals surface area contributed by atoms with Crippen molar-refractivity contribution < 1.29 is 22.3 Å². The molecule has 0 aliphatic carbocycles. The van der Waals surface area contributed by atoms with Gasteiger partial charge in [-0.25, -0.2) is 12.8 Å². The zero-order chi connectivity index (χ0) is 21.0. The summed E-state index contributed by atoms with van der Waals surface area (Å²) in [5, 5.41) is 3.51. The van der Waals surface area contributed by atoms with Crippen LogP contribution in [0.2, 0.25) is 5.02 Å². The second-order valence-corrected chi connectivity index (χ2v) is 9.16. The van der Waals surface area contributed by atoms with E-state index in [1.54, 1.807) is 12.1 Å². The first-order chi connectivity index (χ1) is 13.8. The third-order valence-electron chi connectivity index (χ3n) is 4.95. The van der Waals surface area contributed by atoms with Crippen molar-refractivity contribution in [2.75, 3.05) is 20.2 Å². The molecule has 0 saturated carbocycles. The number of carbonyl (C=O) groups is 1. The van der Waals surface area contributed by atoms with E-state index in [0.29, 0.717) is 24.4 Å². The molecule has 1 N–H and O–H groups in total. The number of halogens is 2. The van der Waals surface area contributed by atoms with E-state index in [2.05, 4.69) is 5.32 Å². The van der Waals surface area contributed by atoms with Gasteiger partial charge in [0.1, 0.15) is 16.5 Å². The number of nitrogens with one attached hydrogen (secondary N) is 1. The van der Waals surface area contributed by atoms with E-state index in [-0.39, 0.29) is 35.6 Å². The lowest BCUT2D eigenvalue weighted by Crippen LogP contribution is -2.42. The van der Waals surface area contributed by atoms with Crippen LogP contribution >= 0.6 is 11.6 Å². The van der Waals surface area contributed by atoms with Crippen LogP contribution in [0.25, 0.3) is 0 Å². The molecular weight excluding hydrogens is 419 g/mol. The van der Waals surface area contributed by atoms with Crippen LogP contribution in [0.15, 0.2) is 47.4 Å². The maximum atomic E-state index is 13.6. The van der Waals surface area contributed by atoms with Gasteiger partial charge >= 0.3 is 0 Å². The van der Waals surface area contributed by atoms with Gasteiger partial charge in [-0.3, -0.25) is 4.79 Å². The molecule has 0 unspecified atom stereocenters. The van der Waals surface area contributed by atoms with Crippen molar-refractivity contribution in [1.82, 2.24) is 9.62 Å². The van der Waals surface area contributed by atoms with Gasteiger partial charge < -0.3 is 10.1 Å². The third-order valence-corrected chi connectivity index (χ3v) is 7.12. The first kappa shape index (κ1) is 21.5. The van der Waals surface area contributed by atoms with Gasteiger partial charge in [0, 0.05) is 30.6 Å². The quantitative estimate of drug-likeness (QED) is 0.748. The molecule has 3 rings (SSSR count). The molecule has 6 nitrogen and oxygen atoms in total. The highest BCUT2D eigenvalue weighted by Crippen LogP contribution is 2.30. The predicted molar refractivity (Wildman–Crippen MR) is 108 cm³/mol. The Labute approximate surface area is 174 Å². The van der Waals surface area contributed by atoms with Crippen LogP contribution in [-0.4, -0.2) is 38.8 Å². The Bertz CT molecular complexity index is 974. The van der Waals surface area contributed by atoms with Gasteiger partial charge in [-0.2, -0.15) is 4.31 Å². The van der Waals surface area contributed by atoms with Crippen LogP contribution < -0.4 is 10.1 Å². The molecule has 2 aromatic carbocycles. The van der Waals surface area contributed by atoms with Crippen molar-refractivity contribution in [2.24, 2.45) is 5.92 Å². The lowest BCUT2D eigenvalue weighted by Gasteiger charge is -2.30. The Morgan fingerprint density at radius 1 is 1.21 bits per heavy atom. The topological polar surface area (TPSA) is 75.7 Å². The molecule has 2 aromatic rings. The summed E-state index contributed by atoms with van der Waals surface area (Å²) < 4.78 is 45.7. The molecular formula is C20H22ClFN2O4S. The van der Waals surface area contributed by atoms with Gasteiger partial charge in [0.05, 0.1) is 7.11 Å². The fourth-order valence-electron chi connectivity index (χ4n) is 3.29. The molecule has 0 radical (unpaired) electrons. The van der Waals surface area contributed by atoms with Gasteiger partial charge in [0.15, 0.2) is 0 Å². The van der Waals surface area contributed by atoms with E-state index in [0.717, 1.165) is 17.7 Å². The molecule has 0 atom stereocenters. The van der Waals surface area contributed by atoms with Crippen molar-refractivity contribution in [1.29, 1.82) is 0 Å². The first-order valence-electron chi connectivity index (χ1n) is 9.17. The van der Waals surface area contributed by atoms with E-state index in [9.17, 15) is 17.6 Å². The SMILES string of the molecule is COc1ccc(F)cc1S(=O)(=O)N1CCC(C(=O)NCc2ccc(Cl)cc2)CC1. The number of nitrogens with zero attached hydrogens (tertiary/aromatic N) is 1. The number of methoxy groups -OCH3 is 1. The third kappa shape index (κ3) is 5.07. The molecule has 1 aliphatic heterocycles. The fourth-order valence-corrected chi connectivity index (χ4v) is 5.05. The van der Waals surface area contributed by atoms with E-state index >= 15 is 0 Å².